The molecule has 0 radical (unpaired) electrons. The minimum atomic E-state index is -0.633. The Morgan fingerprint density at radius 2 is 1.82 bits per heavy atom. The Morgan fingerprint density at radius 1 is 1.11 bits per heavy atom. The number of halogens is 1. The van der Waals surface area contributed by atoms with Crippen LogP contribution in [-0.4, -0.2) is 15.4 Å². The molecule has 1 heterocycles. The molecule has 1 N–H and O–H groups in total. The number of amides is 1. The molecule has 0 fully saturated rings. The molecule has 0 aliphatic carbocycles. The van der Waals surface area contributed by atoms with Crippen LogP contribution in [0.15, 0.2) is 71.7 Å². The summed E-state index contributed by atoms with van der Waals surface area (Å²) in [5.74, 6) is 0.536. The van der Waals surface area contributed by atoms with Gasteiger partial charge in [-0.25, -0.2) is 0 Å². The Morgan fingerprint density at radius 3 is 2.50 bits per heavy atom. The highest BCUT2D eigenvalue weighted by Crippen LogP contribution is 2.29. The number of aromatic nitrogens is 1. The number of carbonyl (C=O) groups excluding carboxylic acids is 1. The van der Waals surface area contributed by atoms with Crippen LogP contribution in [0.4, 0.5) is 11.4 Å². The first kappa shape index (κ1) is 19.1. The fraction of sp³-hybridized carbons (Fsp3) is 0.0526. The minimum Gasteiger partial charge on any atom is -0.456 e. The number of anilines is 1. The Kier molecular flexibility index (Phi) is 5.71. The summed E-state index contributed by atoms with van der Waals surface area (Å²) in [6.07, 6.45) is 1.03. The van der Waals surface area contributed by atoms with Crippen molar-refractivity contribution in [1.29, 1.82) is 0 Å². The fourth-order valence-electron chi connectivity index (χ4n) is 2.37. The van der Waals surface area contributed by atoms with Crippen LogP contribution in [0.2, 0.25) is 5.02 Å². The van der Waals surface area contributed by atoms with Crippen molar-refractivity contribution in [3.63, 3.8) is 0 Å². The quantitative estimate of drug-likeness (QED) is 0.501. The number of benzene rings is 2. The highest BCUT2D eigenvalue weighted by molar-refractivity contribution is 6.32. The van der Waals surface area contributed by atoms with E-state index < -0.39 is 16.4 Å². The molecule has 0 saturated heterocycles. The van der Waals surface area contributed by atoms with Crippen LogP contribution in [0.1, 0.15) is 0 Å². The molecule has 0 saturated carbocycles. The largest absolute Gasteiger partial charge is 0.456 e. The molecule has 0 aliphatic rings. The second-order valence-electron chi connectivity index (χ2n) is 5.72. The van der Waals surface area contributed by atoms with E-state index in [4.69, 9.17) is 16.3 Å². The van der Waals surface area contributed by atoms with Gasteiger partial charge in [0.15, 0.2) is 0 Å². The van der Waals surface area contributed by atoms with E-state index in [-0.39, 0.29) is 12.2 Å². The van der Waals surface area contributed by atoms with Gasteiger partial charge in [0.25, 0.3) is 11.2 Å². The number of rotatable bonds is 6. The smallest absolute Gasteiger partial charge is 0.285 e. The number of hydrogen-bond acceptors (Lipinski definition) is 5. The van der Waals surface area contributed by atoms with E-state index in [9.17, 15) is 19.7 Å². The van der Waals surface area contributed by atoms with Crippen LogP contribution in [0.3, 0.4) is 0 Å². The lowest BCUT2D eigenvalue weighted by molar-refractivity contribution is -0.385. The number of ether oxygens (including phenoxy) is 1. The van der Waals surface area contributed by atoms with E-state index in [1.165, 1.54) is 0 Å². The third kappa shape index (κ3) is 4.74. The molecule has 2 aromatic carbocycles. The van der Waals surface area contributed by atoms with Crippen LogP contribution in [0.25, 0.3) is 0 Å². The molecule has 8 nitrogen and oxygen atoms in total. The second kappa shape index (κ2) is 8.36. The first-order valence-corrected chi connectivity index (χ1v) is 8.47. The maximum atomic E-state index is 12.1. The molecule has 3 rings (SSSR count). The second-order valence-corrected chi connectivity index (χ2v) is 6.12. The molecule has 0 spiro atoms. The standard InChI is InChI=1S/C19H14ClN3O5/c20-16-3-1-2-4-17(16)28-15-8-5-13(6-9-15)21-18(24)12-22-11-14(23(26)27)7-10-19(22)25/h1-11H,12H2,(H,21,24). The summed E-state index contributed by atoms with van der Waals surface area (Å²) in [6, 6.07) is 15.7. The monoisotopic (exact) mass is 399 g/mol. The number of hydrogen-bond donors (Lipinski definition) is 1. The number of carbonyl (C=O) groups is 1. The summed E-state index contributed by atoms with van der Waals surface area (Å²) in [6.45, 7) is -0.349. The summed E-state index contributed by atoms with van der Waals surface area (Å²) in [7, 11) is 0. The van der Waals surface area contributed by atoms with Crippen molar-refractivity contribution in [3.05, 3.63) is 92.4 Å². The predicted molar refractivity (Wildman–Crippen MR) is 104 cm³/mol. The highest BCUT2D eigenvalue weighted by Gasteiger charge is 2.11. The van der Waals surface area contributed by atoms with Crippen molar-refractivity contribution in [1.82, 2.24) is 4.57 Å². The first-order valence-electron chi connectivity index (χ1n) is 8.09. The average molecular weight is 400 g/mol. The lowest BCUT2D eigenvalue weighted by atomic mass is 10.3. The number of para-hydroxylation sites is 1. The first-order chi connectivity index (χ1) is 13.4. The Bertz CT molecular complexity index is 1080. The van der Waals surface area contributed by atoms with Gasteiger partial charge >= 0.3 is 0 Å². The van der Waals surface area contributed by atoms with Gasteiger partial charge in [-0.2, -0.15) is 0 Å². The van der Waals surface area contributed by atoms with Crippen LogP contribution in [0, 0.1) is 10.1 Å². The molecule has 0 atom stereocenters. The van der Waals surface area contributed by atoms with Crippen LogP contribution >= 0.6 is 11.6 Å². The number of pyridine rings is 1. The molecule has 1 amide bonds. The SMILES string of the molecule is O=C(Cn1cc([N+](=O)[O-])ccc1=O)Nc1ccc(Oc2ccccc2Cl)cc1. The summed E-state index contributed by atoms with van der Waals surface area (Å²) in [4.78, 5) is 34.1. The minimum absolute atomic E-state index is 0.270. The summed E-state index contributed by atoms with van der Waals surface area (Å²) >= 11 is 6.04. The summed E-state index contributed by atoms with van der Waals surface area (Å²) in [5.41, 5.74) is -0.298. The highest BCUT2D eigenvalue weighted by atomic mass is 35.5. The van der Waals surface area contributed by atoms with Gasteiger partial charge in [0.05, 0.1) is 16.1 Å². The van der Waals surface area contributed by atoms with Crippen LogP contribution < -0.4 is 15.6 Å². The lowest BCUT2D eigenvalue weighted by Gasteiger charge is -2.10. The number of nitro groups is 1. The number of nitrogens with zero attached hydrogens (tertiary/aromatic N) is 2. The van der Waals surface area contributed by atoms with Gasteiger partial charge in [-0.05, 0) is 36.4 Å². The maximum Gasteiger partial charge on any atom is 0.285 e. The number of nitrogens with one attached hydrogen (secondary N) is 1. The van der Waals surface area contributed by atoms with Gasteiger partial charge in [0, 0.05) is 17.8 Å². The third-order valence-electron chi connectivity index (χ3n) is 3.70. The molecule has 1 aromatic heterocycles. The molecule has 9 heteroatoms. The van der Waals surface area contributed by atoms with Crippen molar-refractivity contribution in [2.75, 3.05) is 5.32 Å². The maximum absolute atomic E-state index is 12.1. The van der Waals surface area contributed by atoms with Gasteiger partial charge in [0.1, 0.15) is 18.0 Å². The van der Waals surface area contributed by atoms with E-state index in [2.05, 4.69) is 5.32 Å². The normalized spacial score (nSPS) is 10.3. The third-order valence-corrected chi connectivity index (χ3v) is 4.01. The predicted octanol–water partition coefficient (Wildman–Crippen LogP) is 3.84. The van der Waals surface area contributed by atoms with Gasteiger partial charge in [-0.3, -0.25) is 24.3 Å². The average Bonchev–Trinajstić information content (AvgIpc) is 2.66. The Hall–Kier alpha value is -3.65. The molecule has 3 aromatic rings. The zero-order valence-corrected chi connectivity index (χ0v) is 15.1. The topological polar surface area (TPSA) is 103 Å². The van der Waals surface area contributed by atoms with Gasteiger partial charge in [0.2, 0.25) is 5.91 Å². The van der Waals surface area contributed by atoms with Crippen molar-refractivity contribution < 1.29 is 14.5 Å². The molecular formula is C19H14ClN3O5. The van der Waals surface area contributed by atoms with Gasteiger partial charge < -0.3 is 10.1 Å². The van der Waals surface area contributed by atoms with E-state index in [0.717, 1.165) is 22.9 Å². The van der Waals surface area contributed by atoms with E-state index in [1.807, 2.05) is 0 Å². The lowest BCUT2D eigenvalue weighted by Crippen LogP contribution is -2.26. The molecule has 0 unspecified atom stereocenters. The molecule has 0 bridgehead atoms. The molecule has 0 aliphatic heterocycles. The summed E-state index contributed by atoms with van der Waals surface area (Å²) in [5, 5.41) is 13.9. The van der Waals surface area contributed by atoms with Crippen LogP contribution in [0.5, 0.6) is 11.5 Å². The van der Waals surface area contributed by atoms with Crippen LogP contribution in [-0.2, 0) is 11.3 Å². The Labute approximate surface area is 164 Å². The zero-order valence-electron chi connectivity index (χ0n) is 14.4. The van der Waals surface area contributed by atoms with E-state index in [0.29, 0.717) is 22.2 Å². The van der Waals surface area contributed by atoms with E-state index in [1.54, 1.807) is 48.5 Å². The Balaban J connectivity index is 1.65. The van der Waals surface area contributed by atoms with Crippen molar-refractivity contribution in [2.24, 2.45) is 0 Å². The molecule has 28 heavy (non-hydrogen) atoms. The molecular weight excluding hydrogens is 386 g/mol. The van der Waals surface area contributed by atoms with Crippen molar-refractivity contribution in [3.8, 4) is 11.5 Å². The van der Waals surface area contributed by atoms with Gasteiger partial charge in [-0.1, -0.05) is 23.7 Å². The summed E-state index contributed by atoms with van der Waals surface area (Å²) < 4.78 is 6.64. The zero-order chi connectivity index (χ0) is 20.1. The van der Waals surface area contributed by atoms with E-state index >= 15 is 0 Å². The van der Waals surface area contributed by atoms with Crippen molar-refractivity contribution in [2.45, 2.75) is 6.54 Å². The van der Waals surface area contributed by atoms with Crippen molar-refractivity contribution >= 4 is 28.9 Å². The fourth-order valence-corrected chi connectivity index (χ4v) is 2.54. The molecule has 142 valence electrons. The van der Waals surface area contributed by atoms with Gasteiger partial charge in [-0.15, -0.1) is 0 Å².